The van der Waals surface area contributed by atoms with Crippen LogP contribution in [0.1, 0.15) is 46.9 Å². The average Bonchev–Trinajstić information content (AvgIpc) is 2.79. The standard InChI is InChI=1S/C17H19ClFN3O/c1-11-15(16(19)21(2)20-11)17(23)22-9-4-3-8-14(22)12-6-5-7-13(18)10-12/h5-7,10,14H,3-4,8-9H2,1-2H3. The smallest absolute Gasteiger partial charge is 0.260 e. The molecule has 0 spiro atoms. The van der Waals surface area contributed by atoms with Gasteiger partial charge in [-0.05, 0) is 43.9 Å². The van der Waals surface area contributed by atoms with Crippen LogP contribution in [-0.4, -0.2) is 27.1 Å². The number of benzene rings is 1. The van der Waals surface area contributed by atoms with Gasteiger partial charge in [-0.25, -0.2) is 4.68 Å². The third-order valence-electron chi connectivity index (χ3n) is 4.36. The van der Waals surface area contributed by atoms with Crippen LogP contribution in [0.15, 0.2) is 24.3 Å². The number of amides is 1. The number of carbonyl (C=O) groups is 1. The van der Waals surface area contributed by atoms with Crippen LogP contribution in [0.2, 0.25) is 5.02 Å². The molecule has 1 saturated heterocycles. The lowest BCUT2D eigenvalue weighted by molar-refractivity contribution is 0.0605. The Hall–Kier alpha value is -1.88. The summed E-state index contributed by atoms with van der Waals surface area (Å²) in [5.41, 5.74) is 1.49. The minimum atomic E-state index is -0.581. The summed E-state index contributed by atoms with van der Waals surface area (Å²) in [5.74, 6) is -0.874. The van der Waals surface area contributed by atoms with Gasteiger partial charge in [0.05, 0.1) is 11.7 Å². The zero-order chi connectivity index (χ0) is 16.6. The summed E-state index contributed by atoms with van der Waals surface area (Å²) in [4.78, 5) is 14.7. The molecule has 122 valence electrons. The van der Waals surface area contributed by atoms with Crippen molar-refractivity contribution in [1.82, 2.24) is 14.7 Å². The number of carbonyl (C=O) groups excluding carboxylic acids is 1. The van der Waals surface area contributed by atoms with E-state index in [0.717, 1.165) is 29.5 Å². The van der Waals surface area contributed by atoms with Crippen LogP contribution < -0.4 is 0 Å². The summed E-state index contributed by atoms with van der Waals surface area (Å²) in [7, 11) is 1.50. The lowest BCUT2D eigenvalue weighted by Crippen LogP contribution is -2.39. The Bertz CT molecular complexity index is 743. The maximum atomic E-state index is 14.3. The van der Waals surface area contributed by atoms with Gasteiger partial charge in [0.2, 0.25) is 5.95 Å². The highest BCUT2D eigenvalue weighted by molar-refractivity contribution is 6.30. The van der Waals surface area contributed by atoms with Gasteiger partial charge in [-0.15, -0.1) is 0 Å². The fourth-order valence-electron chi connectivity index (χ4n) is 3.25. The summed E-state index contributed by atoms with van der Waals surface area (Å²) >= 11 is 6.09. The first-order valence-electron chi connectivity index (χ1n) is 7.74. The molecule has 1 unspecified atom stereocenters. The van der Waals surface area contributed by atoms with Crippen molar-refractivity contribution >= 4 is 17.5 Å². The molecule has 0 aliphatic carbocycles. The second-order valence-electron chi connectivity index (χ2n) is 5.94. The van der Waals surface area contributed by atoms with Gasteiger partial charge >= 0.3 is 0 Å². The van der Waals surface area contributed by atoms with Gasteiger partial charge in [-0.2, -0.15) is 9.49 Å². The molecule has 2 heterocycles. The van der Waals surface area contributed by atoms with Crippen molar-refractivity contribution in [3.63, 3.8) is 0 Å². The van der Waals surface area contributed by atoms with Crippen LogP contribution >= 0.6 is 11.6 Å². The number of likely N-dealkylation sites (tertiary alicyclic amines) is 1. The Labute approximate surface area is 139 Å². The van der Waals surface area contributed by atoms with Crippen molar-refractivity contribution in [1.29, 1.82) is 0 Å². The lowest BCUT2D eigenvalue weighted by atomic mass is 9.94. The Morgan fingerprint density at radius 1 is 1.39 bits per heavy atom. The molecule has 6 heteroatoms. The topological polar surface area (TPSA) is 38.1 Å². The SMILES string of the molecule is Cc1nn(C)c(F)c1C(=O)N1CCCCC1c1cccc(Cl)c1. The van der Waals surface area contributed by atoms with E-state index in [4.69, 9.17) is 11.6 Å². The predicted molar refractivity (Wildman–Crippen MR) is 87.0 cm³/mol. The Morgan fingerprint density at radius 2 is 2.17 bits per heavy atom. The van der Waals surface area contributed by atoms with Crippen LogP contribution in [0.3, 0.4) is 0 Å². The highest BCUT2D eigenvalue weighted by atomic mass is 35.5. The van der Waals surface area contributed by atoms with Gasteiger partial charge < -0.3 is 4.90 Å². The van der Waals surface area contributed by atoms with Gasteiger partial charge in [-0.1, -0.05) is 23.7 Å². The van der Waals surface area contributed by atoms with Crippen LogP contribution in [0.4, 0.5) is 4.39 Å². The molecule has 0 N–H and O–H groups in total. The van der Waals surface area contributed by atoms with Crippen molar-refractivity contribution in [3.8, 4) is 0 Å². The quantitative estimate of drug-likeness (QED) is 0.835. The maximum absolute atomic E-state index is 14.3. The molecule has 1 aliphatic rings. The van der Waals surface area contributed by atoms with Crippen molar-refractivity contribution in [2.75, 3.05) is 6.54 Å². The Balaban J connectivity index is 1.97. The molecule has 1 aliphatic heterocycles. The third-order valence-corrected chi connectivity index (χ3v) is 4.60. The second kappa shape index (κ2) is 6.32. The molecule has 1 aromatic carbocycles. The van der Waals surface area contributed by atoms with Crippen molar-refractivity contribution in [2.24, 2.45) is 7.05 Å². The minimum Gasteiger partial charge on any atom is -0.331 e. The molecule has 1 amide bonds. The van der Waals surface area contributed by atoms with Gasteiger partial charge in [0.1, 0.15) is 5.56 Å². The van der Waals surface area contributed by atoms with E-state index >= 15 is 0 Å². The first kappa shape index (κ1) is 16.0. The fourth-order valence-corrected chi connectivity index (χ4v) is 3.45. The number of aromatic nitrogens is 2. The highest BCUT2D eigenvalue weighted by Crippen LogP contribution is 2.33. The number of nitrogens with zero attached hydrogens (tertiary/aromatic N) is 3. The molecule has 0 radical (unpaired) electrons. The van der Waals surface area contributed by atoms with Crippen molar-refractivity contribution in [3.05, 3.63) is 52.1 Å². The van der Waals surface area contributed by atoms with Gasteiger partial charge in [-0.3, -0.25) is 4.79 Å². The first-order chi connectivity index (χ1) is 11.0. The molecular weight excluding hydrogens is 317 g/mol. The van der Waals surface area contributed by atoms with E-state index in [0.29, 0.717) is 17.3 Å². The van der Waals surface area contributed by atoms with Gasteiger partial charge in [0.15, 0.2) is 0 Å². The summed E-state index contributed by atoms with van der Waals surface area (Å²) in [6, 6.07) is 7.46. The number of hydrogen-bond donors (Lipinski definition) is 0. The van der Waals surface area contributed by atoms with E-state index in [1.807, 2.05) is 24.3 Å². The normalized spacial score (nSPS) is 18.3. The molecule has 1 atom stereocenters. The summed E-state index contributed by atoms with van der Waals surface area (Å²) in [6.07, 6.45) is 2.81. The number of hydrogen-bond acceptors (Lipinski definition) is 2. The van der Waals surface area contributed by atoms with E-state index in [1.54, 1.807) is 11.8 Å². The third kappa shape index (κ3) is 2.98. The molecular formula is C17H19ClFN3O. The van der Waals surface area contributed by atoms with Crippen molar-refractivity contribution in [2.45, 2.75) is 32.2 Å². The number of halogens is 2. The molecule has 0 bridgehead atoms. The molecule has 1 fully saturated rings. The summed E-state index contributed by atoms with van der Waals surface area (Å²) in [6.45, 7) is 2.28. The minimum absolute atomic E-state index is 0.0708. The maximum Gasteiger partial charge on any atom is 0.260 e. The van der Waals surface area contributed by atoms with Crippen LogP contribution in [-0.2, 0) is 7.05 Å². The van der Waals surface area contributed by atoms with Gasteiger partial charge in [0, 0.05) is 18.6 Å². The lowest BCUT2D eigenvalue weighted by Gasteiger charge is -2.36. The number of aryl methyl sites for hydroxylation is 2. The molecule has 3 rings (SSSR count). The zero-order valence-electron chi connectivity index (χ0n) is 13.2. The van der Waals surface area contributed by atoms with E-state index in [9.17, 15) is 9.18 Å². The van der Waals surface area contributed by atoms with Crippen molar-refractivity contribution < 1.29 is 9.18 Å². The largest absolute Gasteiger partial charge is 0.331 e. The summed E-state index contributed by atoms with van der Waals surface area (Å²) < 4.78 is 15.4. The van der Waals surface area contributed by atoms with E-state index in [2.05, 4.69) is 5.10 Å². The number of rotatable bonds is 2. The molecule has 23 heavy (non-hydrogen) atoms. The molecule has 4 nitrogen and oxygen atoms in total. The Kier molecular flexibility index (Phi) is 4.39. The summed E-state index contributed by atoms with van der Waals surface area (Å²) in [5, 5.41) is 4.65. The molecule has 0 saturated carbocycles. The van der Waals surface area contributed by atoms with Gasteiger partial charge in [0.25, 0.3) is 5.91 Å². The van der Waals surface area contributed by atoms with Crippen LogP contribution in [0.25, 0.3) is 0 Å². The van der Waals surface area contributed by atoms with Crippen LogP contribution in [0.5, 0.6) is 0 Å². The fraction of sp³-hybridized carbons (Fsp3) is 0.412. The average molecular weight is 336 g/mol. The zero-order valence-corrected chi connectivity index (χ0v) is 14.0. The molecule has 2 aromatic rings. The van der Waals surface area contributed by atoms with E-state index < -0.39 is 5.95 Å². The monoisotopic (exact) mass is 335 g/mol. The van der Waals surface area contributed by atoms with E-state index in [1.165, 1.54) is 7.05 Å². The Morgan fingerprint density at radius 3 is 2.83 bits per heavy atom. The molecule has 1 aromatic heterocycles. The number of piperidine rings is 1. The predicted octanol–water partition coefficient (Wildman–Crippen LogP) is 3.89. The van der Waals surface area contributed by atoms with Crippen LogP contribution in [0, 0.1) is 12.9 Å². The van der Waals surface area contributed by atoms with E-state index in [-0.39, 0.29) is 17.5 Å². The first-order valence-corrected chi connectivity index (χ1v) is 8.12. The highest BCUT2D eigenvalue weighted by Gasteiger charge is 2.32. The second-order valence-corrected chi connectivity index (χ2v) is 6.38.